The molecule has 0 spiro atoms. The first-order valence-electron chi connectivity index (χ1n) is 31.1. The van der Waals surface area contributed by atoms with E-state index < -0.39 is 29.8 Å². The molecule has 4 aromatic carbocycles. The predicted octanol–water partition coefficient (Wildman–Crippen LogP) is 19.1. The van der Waals surface area contributed by atoms with Gasteiger partial charge in [0, 0.05) is 68.4 Å². The lowest BCUT2D eigenvalue weighted by atomic mass is 9.57. The first-order valence-corrected chi connectivity index (χ1v) is 32.0. The molecule has 428 valence electrons. The van der Waals surface area contributed by atoms with Gasteiger partial charge in [0.15, 0.2) is 12.3 Å². The van der Waals surface area contributed by atoms with Crippen molar-refractivity contribution < 1.29 is 17.6 Å². The molecule has 7 heteroatoms. The van der Waals surface area contributed by atoms with E-state index in [-0.39, 0.29) is 77.1 Å². The molecule has 0 radical (unpaired) electrons. The van der Waals surface area contributed by atoms with E-state index in [9.17, 15) is 0 Å². The summed E-state index contributed by atoms with van der Waals surface area (Å²) in [6.45, 7) is 8.26. The van der Waals surface area contributed by atoms with Gasteiger partial charge in [-0.25, -0.2) is 17.6 Å². The Labute approximate surface area is 503 Å². The van der Waals surface area contributed by atoms with Crippen molar-refractivity contribution in [2.45, 2.75) is 127 Å². The summed E-state index contributed by atoms with van der Waals surface area (Å²) in [5, 5.41) is 0.109. The van der Waals surface area contributed by atoms with Gasteiger partial charge in [0.05, 0.1) is 6.04 Å². The number of thioether (sulfide) groups is 1. The number of allylic oxidation sites excluding steroid dienone is 22. The lowest BCUT2D eigenvalue weighted by molar-refractivity contribution is 0.172. The van der Waals surface area contributed by atoms with Crippen molar-refractivity contribution in [1.82, 2.24) is 4.90 Å². The number of anilines is 1. The average molecular weight is 1150 g/mol. The smallest absolute Gasteiger partial charge is 0.153 e. The molecule has 10 aliphatic carbocycles. The lowest BCUT2D eigenvalue weighted by Gasteiger charge is -2.49. The minimum atomic E-state index is -1.70. The minimum Gasteiger partial charge on any atom is -0.362 e. The third-order valence-electron chi connectivity index (χ3n) is 21.3. The van der Waals surface area contributed by atoms with Gasteiger partial charge in [-0.1, -0.05) is 195 Å². The van der Waals surface area contributed by atoms with Crippen LogP contribution in [0.4, 0.5) is 23.2 Å². The number of rotatable bonds is 12. The monoisotopic (exact) mass is 1140 g/mol. The van der Waals surface area contributed by atoms with E-state index in [1.165, 1.54) is 61.1 Å². The van der Waals surface area contributed by atoms with E-state index in [0.29, 0.717) is 19.3 Å². The van der Waals surface area contributed by atoms with Crippen molar-refractivity contribution >= 4 is 23.0 Å². The zero-order valence-corrected chi connectivity index (χ0v) is 48.8. The fraction of sp³-hybridized carbons (Fsp3) is 0.308. The average Bonchev–Trinajstić information content (AvgIpc) is 1.68. The second-order valence-electron chi connectivity index (χ2n) is 25.3. The van der Waals surface area contributed by atoms with E-state index >= 15 is 17.6 Å². The van der Waals surface area contributed by atoms with Gasteiger partial charge in [0.25, 0.3) is 0 Å². The number of benzene rings is 4. The molecular weight excluding hydrogens is 1070 g/mol. The molecule has 15 unspecified atom stereocenters. The van der Waals surface area contributed by atoms with Gasteiger partial charge in [0.2, 0.25) is 0 Å². The standard InChI is InChI=1S/C78H72F4N2S/c1-3-49-23-27-53(28-24-49)77(51-15-7-5-8-16-51)67-21-13-11-19-61(67)63-37-31-57(45-69(63)77)83(59-33-39-71(79)73(81)47-59)55-35-41-75-65(43-55)66-44-56(36-42-76(66)85-75)84(60-34-40-72(80)74(82)48-60)58-32-38-64-62-20-12-14-22-68(62)78(70(64)46-58,52-17-9-6-10-18-52)54-29-25-50(4-2)26-30-54/h3-17,19-25,27,29-32,35-39,41-44,48,50,52-53,57-59,63,66,69,72-74,76H,1-2,18,26,28,33-34,40,45-47H2. The number of halogens is 4. The molecule has 85 heavy (non-hydrogen) atoms. The maximum absolute atomic E-state index is 16.0. The second-order valence-corrected chi connectivity index (χ2v) is 26.6. The Morgan fingerprint density at radius 2 is 1.52 bits per heavy atom. The normalized spacial score (nSPS) is 34.4. The molecule has 0 bridgehead atoms. The van der Waals surface area contributed by atoms with Crippen molar-refractivity contribution in [3.63, 3.8) is 0 Å². The first-order chi connectivity index (χ1) is 41.7. The molecule has 11 aliphatic rings. The maximum Gasteiger partial charge on any atom is 0.153 e. The fourth-order valence-electron chi connectivity index (χ4n) is 17.5. The van der Waals surface area contributed by atoms with Crippen molar-refractivity contribution in [2.24, 2.45) is 23.7 Å². The van der Waals surface area contributed by atoms with Crippen molar-refractivity contribution in [2.75, 3.05) is 4.90 Å². The molecule has 0 saturated carbocycles. The molecule has 1 aliphatic heterocycles. The summed E-state index contributed by atoms with van der Waals surface area (Å²) in [6.07, 6.45) is 46.9. The van der Waals surface area contributed by atoms with Crippen molar-refractivity contribution in [1.29, 1.82) is 0 Å². The summed E-state index contributed by atoms with van der Waals surface area (Å²) in [5.74, 6) is 0.228. The number of hydrogen-bond donors (Lipinski definition) is 0. The molecule has 0 fully saturated rings. The van der Waals surface area contributed by atoms with Crippen molar-refractivity contribution in [3.8, 4) is 0 Å². The molecule has 4 aromatic rings. The van der Waals surface area contributed by atoms with E-state index in [1.807, 2.05) is 23.9 Å². The van der Waals surface area contributed by atoms with Gasteiger partial charge < -0.3 is 9.80 Å². The highest BCUT2D eigenvalue weighted by Crippen LogP contribution is 2.64. The zero-order chi connectivity index (χ0) is 57.6. The summed E-state index contributed by atoms with van der Waals surface area (Å²) < 4.78 is 62.6. The van der Waals surface area contributed by atoms with Gasteiger partial charge in [-0.05, 0) is 167 Å². The van der Waals surface area contributed by atoms with Crippen LogP contribution >= 0.6 is 11.8 Å². The molecule has 0 aromatic heterocycles. The summed E-state index contributed by atoms with van der Waals surface area (Å²) in [5.41, 5.74) is 14.9. The van der Waals surface area contributed by atoms with Crippen molar-refractivity contribution in [3.05, 3.63) is 305 Å². The molecule has 15 atom stereocenters. The van der Waals surface area contributed by atoms with Crippen LogP contribution in [0.3, 0.4) is 0 Å². The summed E-state index contributed by atoms with van der Waals surface area (Å²) >= 11 is 1.86. The third kappa shape index (κ3) is 8.77. The Hall–Kier alpha value is -7.35. The second kappa shape index (κ2) is 21.9. The van der Waals surface area contributed by atoms with Gasteiger partial charge in [-0.3, -0.25) is 0 Å². The maximum atomic E-state index is 16.0. The minimum absolute atomic E-state index is 0.0409. The van der Waals surface area contributed by atoms with Gasteiger partial charge in [0.1, 0.15) is 12.0 Å². The first kappa shape index (κ1) is 54.3. The molecular formula is C78H72F4N2S. The Kier molecular flexibility index (Phi) is 14.0. The van der Waals surface area contributed by atoms with Crippen LogP contribution in [-0.2, 0) is 10.8 Å². The van der Waals surface area contributed by atoms with Crippen LogP contribution in [0.1, 0.15) is 103 Å². The predicted molar refractivity (Wildman–Crippen MR) is 342 cm³/mol. The Balaban J connectivity index is 0.815. The molecule has 0 amide bonds. The largest absolute Gasteiger partial charge is 0.362 e. The van der Waals surface area contributed by atoms with Crippen LogP contribution in [0.15, 0.2) is 277 Å². The van der Waals surface area contributed by atoms with E-state index in [0.717, 1.165) is 48.3 Å². The Morgan fingerprint density at radius 1 is 0.671 bits per heavy atom. The zero-order valence-electron chi connectivity index (χ0n) is 48.0. The Morgan fingerprint density at radius 3 is 2.29 bits per heavy atom. The summed E-state index contributed by atoms with van der Waals surface area (Å²) in [6, 6.07) is 35.4. The van der Waals surface area contributed by atoms with Crippen LogP contribution in [0.25, 0.3) is 5.57 Å². The lowest BCUT2D eigenvalue weighted by Crippen LogP contribution is -2.50. The SMILES string of the molecule is C=CC1=CCC(C2(c3ccccc3)c3ccccc3C3C=CC(N(c4ccc5c(c4)C4C=C(N(C6=CC(F)C(F)CC6)C6C=CC7=C(C6)C(C6=CCC(C=C)C=C6)(C6C=CC=CC6)c6ccccc67)C=CC4S5)C4CC=C(F)C(F)C4)CC32)C=C1. The van der Waals surface area contributed by atoms with E-state index in [2.05, 4.69) is 223 Å². The number of hydrogen-bond acceptors (Lipinski definition) is 3. The fourth-order valence-corrected chi connectivity index (χ4v) is 18.8. The van der Waals surface area contributed by atoms with Gasteiger partial charge >= 0.3 is 0 Å². The molecule has 1 heterocycles. The van der Waals surface area contributed by atoms with E-state index in [4.69, 9.17) is 0 Å². The van der Waals surface area contributed by atoms with Crippen LogP contribution in [0.2, 0.25) is 0 Å². The highest BCUT2D eigenvalue weighted by molar-refractivity contribution is 8.00. The highest BCUT2D eigenvalue weighted by atomic mass is 32.2. The molecule has 2 nitrogen and oxygen atoms in total. The molecule has 0 saturated heterocycles. The van der Waals surface area contributed by atoms with E-state index in [1.54, 1.807) is 6.08 Å². The van der Waals surface area contributed by atoms with Crippen LogP contribution in [0, 0.1) is 23.7 Å². The number of alkyl halides is 3. The van der Waals surface area contributed by atoms with Crippen LogP contribution in [-0.4, -0.2) is 46.8 Å². The molecule has 15 rings (SSSR count). The summed E-state index contributed by atoms with van der Waals surface area (Å²) in [7, 11) is 0. The third-order valence-corrected chi connectivity index (χ3v) is 22.6. The van der Waals surface area contributed by atoms with Gasteiger partial charge in [-0.15, -0.1) is 18.3 Å². The Bertz CT molecular complexity index is 3800. The quantitative estimate of drug-likeness (QED) is 0.103. The highest BCUT2D eigenvalue weighted by Gasteiger charge is 2.58. The number of nitrogens with zero attached hydrogens (tertiary/aromatic N) is 2. The molecule has 0 N–H and O–H groups in total. The topological polar surface area (TPSA) is 6.48 Å². The number of fused-ring (bicyclic) bond motifs is 8. The summed E-state index contributed by atoms with van der Waals surface area (Å²) in [4.78, 5) is 6.01. The van der Waals surface area contributed by atoms with Crippen LogP contribution < -0.4 is 4.90 Å². The van der Waals surface area contributed by atoms with Crippen LogP contribution in [0.5, 0.6) is 0 Å². The van der Waals surface area contributed by atoms with Gasteiger partial charge in [-0.2, -0.15) is 0 Å².